The summed E-state index contributed by atoms with van der Waals surface area (Å²) in [5.74, 6) is 0. The van der Waals surface area contributed by atoms with Gasteiger partial charge in [0.25, 0.3) is 0 Å². The van der Waals surface area contributed by atoms with Crippen LogP contribution in [0, 0.1) is 6.92 Å². The van der Waals surface area contributed by atoms with Gasteiger partial charge < -0.3 is 4.79 Å². The van der Waals surface area contributed by atoms with Crippen molar-refractivity contribution in [2.24, 2.45) is 0 Å². The Morgan fingerprint density at radius 1 is 1.16 bits per heavy atom. The van der Waals surface area contributed by atoms with Crippen LogP contribution in [0.3, 0.4) is 0 Å². The monoisotopic (exact) mass is 272 g/mol. The highest BCUT2D eigenvalue weighted by Crippen LogP contribution is 2.27. The minimum atomic E-state index is -0.517. The third kappa shape index (κ3) is 3.24. The second-order valence-corrected chi connectivity index (χ2v) is 5.65. The average Bonchev–Trinajstić information content (AvgIpc) is 2.38. The van der Waals surface area contributed by atoms with Gasteiger partial charge in [-0.25, -0.2) is 0 Å². The van der Waals surface area contributed by atoms with E-state index in [0.717, 1.165) is 23.0 Å². The number of halogens is 1. The zero-order valence-electron chi connectivity index (χ0n) is 11.2. The number of aldehydes is 1. The molecule has 98 valence electrons. The normalized spacial score (nSPS) is 13.8. The molecule has 19 heavy (non-hydrogen) atoms. The van der Waals surface area contributed by atoms with E-state index in [2.05, 4.69) is 6.07 Å². The molecule has 1 unspecified atom stereocenters. The zero-order chi connectivity index (χ0) is 13.9. The molecule has 0 aromatic heterocycles. The highest BCUT2D eigenvalue weighted by Gasteiger charge is 2.26. The Labute approximate surface area is 119 Å². The molecule has 0 radical (unpaired) electrons. The number of benzene rings is 2. The molecule has 0 fully saturated rings. The predicted molar refractivity (Wildman–Crippen MR) is 79.8 cm³/mol. The minimum Gasteiger partial charge on any atom is -0.302 e. The van der Waals surface area contributed by atoms with E-state index in [0.29, 0.717) is 11.4 Å². The maximum Gasteiger partial charge on any atom is 0.130 e. The number of carbonyl (C=O) groups excluding carboxylic acids is 1. The third-order valence-corrected chi connectivity index (χ3v) is 3.63. The molecule has 0 amide bonds. The smallest absolute Gasteiger partial charge is 0.130 e. The highest BCUT2D eigenvalue weighted by atomic mass is 35.5. The van der Waals surface area contributed by atoms with Gasteiger partial charge in [-0.1, -0.05) is 53.6 Å². The van der Waals surface area contributed by atoms with Crippen molar-refractivity contribution in [3.8, 4) is 0 Å². The molecule has 2 heteroatoms. The van der Waals surface area contributed by atoms with Crippen LogP contribution in [0.4, 0.5) is 0 Å². The number of carbonyl (C=O) groups is 1. The van der Waals surface area contributed by atoms with Crippen LogP contribution in [0.1, 0.15) is 23.6 Å². The molecule has 1 atom stereocenters. The predicted octanol–water partition coefficient (Wildman–Crippen LogP) is 4.35. The molecule has 2 rings (SSSR count). The first kappa shape index (κ1) is 13.8. The van der Waals surface area contributed by atoms with Crippen molar-refractivity contribution >= 4 is 17.9 Å². The van der Waals surface area contributed by atoms with Gasteiger partial charge >= 0.3 is 0 Å². The molecule has 0 aliphatic rings. The molecule has 0 spiro atoms. The fourth-order valence-corrected chi connectivity index (χ4v) is 2.50. The molecule has 0 bridgehead atoms. The first-order chi connectivity index (χ1) is 9.03. The zero-order valence-corrected chi connectivity index (χ0v) is 11.9. The lowest BCUT2D eigenvalue weighted by atomic mass is 9.78. The SMILES string of the molecule is Cc1cccc(C(C)(C=O)Cc2cccc(Cl)c2)c1. The second-order valence-electron chi connectivity index (χ2n) is 5.21. The van der Waals surface area contributed by atoms with E-state index >= 15 is 0 Å². The van der Waals surface area contributed by atoms with Crippen LogP contribution in [0.15, 0.2) is 48.5 Å². The minimum absolute atomic E-state index is 0.517. The molecule has 2 aromatic rings. The summed E-state index contributed by atoms with van der Waals surface area (Å²) in [4.78, 5) is 11.6. The summed E-state index contributed by atoms with van der Waals surface area (Å²) >= 11 is 6.00. The topological polar surface area (TPSA) is 17.1 Å². The van der Waals surface area contributed by atoms with E-state index in [1.807, 2.05) is 56.3 Å². The molecule has 0 heterocycles. The molecule has 0 N–H and O–H groups in total. The molecule has 2 aromatic carbocycles. The summed E-state index contributed by atoms with van der Waals surface area (Å²) in [5.41, 5.74) is 2.76. The van der Waals surface area contributed by atoms with Gasteiger partial charge in [0, 0.05) is 5.02 Å². The van der Waals surface area contributed by atoms with E-state index in [4.69, 9.17) is 11.6 Å². The van der Waals surface area contributed by atoms with Crippen molar-refractivity contribution in [3.63, 3.8) is 0 Å². The number of hydrogen-bond donors (Lipinski definition) is 0. The van der Waals surface area contributed by atoms with E-state index in [-0.39, 0.29) is 0 Å². The quantitative estimate of drug-likeness (QED) is 0.757. The van der Waals surface area contributed by atoms with Crippen LogP contribution < -0.4 is 0 Å². The standard InChI is InChI=1S/C17H17ClO/c1-13-5-3-7-15(9-13)17(2,12-19)11-14-6-4-8-16(18)10-14/h3-10,12H,11H2,1-2H3. The lowest BCUT2D eigenvalue weighted by molar-refractivity contribution is -0.112. The fraction of sp³-hybridized carbons (Fsp3) is 0.235. The van der Waals surface area contributed by atoms with E-state index in [1.165, 1.54) is 0 Å². The van der Waals surface area contributed by atoms with E-state index < -0.39 is 5.41 Å². The Kier molecular flexibility index (Phi) is 4.06. The first-order valence-electron chi connectivity index (χ1n) is 6.31. The summed E-state index contributed by atoms with van der Waals surface area (Å²) in [6, 6.07) is 15.8. The van der Waals surface area contributed by atoms with Crippen molar-refractivity contribution in [1.82, 2.24) is 0 Å². The largest absolute Gasteiger partial charge is 0.302 e. The summed E-state index contributed by atoms with van der Waals surface area (Å²) < 4.78 is 0. The van der Waals surface area contributed by atoms with Gasteiger partial charge in [0.1, 0.15) is 6.29 Å². The van der Waals surface area contributed by atoms with Crippen LogP contribution in [0.25, 0.3) is 0 Å². The van der Waals surface area contributed by atoms with E-state index in [9.17, 15) is 4.79 Å². The number of aryl methyl sites for hydroxylation is 1. The van der Waals surface area contributed by atoms with Crippen LogP contribution in [-0.4, -0.2) is 6.29 Å². The molecule has 0 saturated carbocycles. The first-order valence-corrected chi connectivity index (χ1v) is 6.69. The van der Waals surface area contributed by atoms with Crippen LogP contribution in [-0.2, 0) is 16.6 Å². The Balaban J connectivity index is 2.35. The molecule has 0 aliphatic carbocycles. The summed E-state index contributed by atoms with van der Waals surface area (Å²) in [6.45, 7) is 4.00. The Bertz CT molecular complexity index is 591. The molecule has 0 aliphatic heterocycles. The average molecular weight is 273 g/mol. The maximum absolute atomic E-state index is 11.6. The van der Waals surface area contributed by atoms with Crippen LogP contribution in [0.5, 0.6) is 0 Å². The molecule has 1 nitrogen and oxygen atoms in total. The van der Waals surface area contributed by atoms with Crippen molar-refractivity contribution in [1.29, 1.82) is 0 Å². The summed E-state index contributed by atoms with van der Waals surface area (Å²) in [5, 5.41) is 0.704. The fourth-order valence-electron chi connectivity index (χ4n) is 2.28. The van der Waals surface area contributed by atoms with Gasteiger partial charge in [-0.05, 0) is 43.5 Å². The van der Waals surface area contributed by atoms with Crippen molar-refractivity contribution in [2.75, 3.05) is 0 Å². The molecule has 0 saturated heterocycles. The van der Waals surface area contributed by atoms with Crippen molar-refractivity contribution in [3.05, 3.63) is 70.2 Å². The second kappa shape index (κ2) is 5.58. The van der Waals surface area contributed by atoms with Crippen LogP contribution >= 0.6 is 11.6 Å². The Morgan fingerprint density at radius 3 is 2.53 bits per heavy atom. The maximum atomic E-state index is 11.6. The highest BCUT2D eigenvalue weighted by molar-refractivity contribution is 6.30. The lowest BCUT2D eigenvalue weighted by Crippen LogP contribution is -2.26. The van der Waals surface area contributed by atoms with E-state index in [1.54, 1.807) is 0 Å². The third-order valence-electron chi connectivity index (χ3n) is 3.40. The van der Waals surface area contributed by atoms with Gasteiger partial charge in [0.15, 0.2) is 0 Å². The number of rotatable bonds is 4. The molecular weight excluding hydrogens is 256 g/mol. The van der Waals surface area contributed by atoms with Crippen molar-refractivity contribution < 1.29 is 4.79 Å². The number of hydrogen-bond acceptors (Lipinski definition) is 1. The molecular formula is C17H17ClO. The van der Waals surface area contributed by atoms with Gasteiger partial charge in [0.05, 0.1) is 5.41 Å². The van der Waals surface area contributed by atoms with Gasteiger partial charge in [-0.15, -0.1) is 0 Å². The van der Waals surface area contributed by atoms with Crippen LogP contribution in [0.2, 0.25) is 5.02 Å². The van der Waals surface area contributed by atoms with Gasteiger partial charge in [-0.2, -0.15) is 0 Å². The van der Waals surface area contributed by atoms with Gasteiger partial charge in [-0.3, -0.25) is 0 Å². The summed E-state index contributed by atoms with van der Waals surface area (Å²) in [6.07, 6.45) is 1.68. The lowest BCUT2D eigenvalue weighted by Gasteiger charge is -2.24. The van der Waals surface area contributed by atoms with Gasteiger partial charge in [0.2, 0.25) is 0 Å². The van der Waals surface area contributed by atoms with Crippen molar-refractivity contribution in [2.45, 2.75) is 25.7 Å². The summed E-state index contributed by atoms with van der Waals surface area (Å²) in [7, 11) is 0. The Morgan fingerprint density at radius 2 is 1.89 bits per heavy atom. The Hall–Kier alpha value is -1.60.